The van der Waals surface area contributed by atoms with E-state index in [1.54, 1.807) is 6.20 Å². The number of hydrogen-bond acceptors (Lipinski definition) is 5. The number of pyridine rings is 1. The van der Waals surface area contributed by atoms with Crippen LogP contribution in [0.3, 0.4) is 0 Å². The van der Waals surface area contributed by atoms with Crippen molar-refractivity contribution in [1.82, 2.24) is 4.98 Å². The fourth-order valence-corrected chi connectivity index (χ4v) is 2.92. The molecule has 27 heavy (non-hydrogen) atoms. The summed E-state index contributed by atoms with van der Waals surface area (Å²) < 4.78 is 5.82. The number of aromatic nitrogens is 1. The number of benzene rings is 1. The number of ether oxygens (including phenoxy) is 1. The summed E-state index contributed by atoms with van der Waals surface area (Å²) in [6, 6.07) is 11.6. The molecule has 2 aromatic rings. The van der Waals surface area contributed by atoms with Gasteiger partial charge in [0, 0.05) is 24.4 Å². The predicted octanol–water partition coefficient (Wildman–Crippen LogP) is 1.35. The zero-order valence-corrected chi connectivity index (χ0v) is 14.8. The third-order valence-corrected chi connectivity index (χ3v) is 4.25. The Morgan fingerprint density at radius 1 is 1.30 bits per heavy atom. The van der Waals surface area contributed by atoms with Crippen LogP contribution in [0.2, 0.25) is 0 Å². The van der Waals surface area contributed by atoms with Gasteiger partial charge in [-0.05, 0) is 56.2 Å². The molecule has 0 saturated heterocycles. The zero-order chi connectivity index (χ0) is 18.4. The summed E-state index contributed by atoms with van der Waals surface area (Å²) in [6.07, 6.45) is 5.25. The van der Waals surface area contributed by atoms with Gasteiger partial charge in [0.15, 0.2) is 0 Å². The number of anilines is 1. The normalized spacial score (nSPS) is 17.1. The van der Waals surface area contributed by atoms with E-state index in [1.165, 1.54) is 0 Å². The second kappa shape index (κ2) is 9.88. The van der Waals surface area contributed by atoms with Crippen LogP contribution in [-0.4, -0.2) is 64.3 Å². The van der Waals surface area contributed by atoms with Crippen LogP contribution >= 0.6 is 0 Å². The van der Waals surface area contributed by atoms with Gasteiger partial charge in [-0.3, -0.25) is 9.79 Å². The van der Waals surface area contributed by atoms with E-state index in [2.05, 4.69) is 15.3 Å². The first-order valence-corrected chi connectivity index (χ1v) is 8.76. The summed E-state index contributed by atoms with van der Waals surface area (Å²) in [5, 5.41) is 14.0. The van der Waals surface area contributed by atoms with Crippen molar-refractivity contribution in [3.63, 3.8) is 0 Å². The van der Waals surface area contributed by atoms with E-state index >= 15 is 0 Å². The molecule has 2 heterocycles. The Labute approximate surface area is 180 Å². The van der Waals surface area contributed by atoms with Gasteiger partial charge in [0.25, 0.3) is 0 Å². The van der Waals surface area contributed by atoms with Crippen LogP contribution in [0.25, 0.3) is 6.08 Å². The Bertz CT molecular complexity index is 889. The van der Waals surface area contributed by atoms with Gasteiger partial charge in [-0.15, -0.1) is 0 Å². The first-order chi connectivity index (χ1) is 12.5. The van der Waals surface area contributed by atoms with Crippen molar-refractivity contribution in [1.29, 1.82) is 0 Å². The van der Waals surface area contributed by atoms with Crippen molar-refractivity contribution in [3.8, 4) is 5.75 Å². The fourth-order valence-electron chi connectivity index (χ4n) is 2.92. The number of fused-ring (bicyclic) bond motifs is 1. The molecule has 1 aliphatic rings. The number of hydrogen-bond donors (Lipinski definition) is 2. The molecule has 1 aliphatic heterocycles. The summed E-state index contributed by atoms with van der Waals surface area (Å²) in [7, 11) is 0. The minimum absolute atomic E-state index is 0. The van der Waals surface area contributed by atoms with Gasteiger partial charge in [-0.1, -0.05) is 6.07 Å². The number of rotatable bonds is 9. The molecule has 6 nitrogen and oxygen atoms in total. The molecule has 0 radical (unpaired) electrons. The van der Waals surface area contributed by atoms with Crippen molar-refractivity contribution in [2.24, 2.45) is 4.99 Å². The molecule has 1 aromatic heterocycles. The molecule has 0 aliphatic carbocycles. The topological polar surface area (TPSA) is 83.8 Å². The Balaban J connectivity index is 0.00000261. The van der Waals surface area contributed by atoms with Crippen molar-refractivity contribution in [2.45, 2.75) is 31.7 Å². The molecule has 0 saturated carbocycles. The third-order valence-electron chi connectivity index (χ3n) is 4.25. The molecule has 1 atom stereocenters. The molecular formula is C20H24N3NaO3. The van der Waals surface area contributed by atoms with Gasteiger partial charge in [-0.25, -0.2) is 4.98 Å². The first-order valence-electron chi connectivity index (χ1n) is 8.76. The Kier molecular flexibility index (Phi) is 7.83. The Morgan fingerprint density at radius 3 is 2.89 bits per heavy atom. The molecule has 3 rings (SSSR count). The maximum absolute atomic E-state index is 10.8. The van der Waals surface area contributed by atoms with Crippen LogP contribution in [-0.2, 0) is 4.79 Å². The van der Waals surface area contributed by atoms with Crippen molar-refractivity contribution < 1.29 is 14.6 Å². The standard InChI is InChI=1S/C20H23N3O3.Na.H/c1-20(9-8-19(24)25)14-15-13-16(6-7-17(15)23-20)26-12-4-11-22-18-5-2-3-10-21-18;;/h2-3,5-7,10,13-14H,4,8-9,11-12H2,1H3,(H,21,22)(H,24,25);;. The summed E-state index contributed by atoms with van der Waals surface area (Å²) in [6.45, 7) is 3.35. The molecular weight excluding hydrogens is 353 g/mol. The second-order valence-electron chi connectivity index (χ2n) is 6.57. The van der Waals surface area contributed by atoms with Gasteiger partial charge < -0.3 is 15.2 Å². The van der Waals surface area contributed by atoms with Crippen LogP contribution in [0, 0.1) is 0 Å². The van der Waals surface area contributed by atoms with E-state index in [4.69, 9.17) is 9.84 Å². The van der Waals surface area contributed by atoms with Gasteiger partial charge in [0.05, 0.1) is 17.5 Å². The van der Waals surface area contributed by atoms with Crippen molar-refractivity contribution in [3.05, 3.63) is 53.2 Å². The molecule has 138 valence electrons. The van der Waals surface area contributed by atoms with E-state index < -0.39 is 11.5 Å². The monoisotopic (exact) mass is 377 g/mol. The number of nitrogens with one attached hydrogen (secondary N) is 1. The van der Waals surface area contributed by atoms with Crippen molar-refractivity contribution in [2.75, 3.05) is 18.5 Å². The Morgan fingerprint density at radius 2 is 2.15 bits per heavy atom. The van der Waals surface area contributed by atoms with E-state index in [0.717, 1.165) is 35.1 Å². The van der Waals surface area contributed by atoms with Crippen molar-refractivity contribution >= 4 is 47.4 Å². The zero-order valence-electron chi connectivity index (χ0n) is 14.8. The number of carbonyl (C=O) groups is 1. The number of carboxylic acid groups (broad SMARTS) is 1. The van der Waals surface area contributed by atoms with Crippen LogP contribution in [0.1, 0.15) is 26.2 Å². The van der Waals surface area contributed by atoms with Gasteiger partial charge >= 0.3 is 35.5 Å². The molecule has 2 N–H and O–H groups in total. The average Bonchev–Trinajstić information content (AvgIpc) is 2.96. The molecule has 0 amide bonds. The second-order valence-corrected chi connectivity index (χ2v) is 6.57. The predicted molar refractivity (Wildman–Crippen MR) is 107 cm³/mol. The summed E-state index contributed by atoms with van der Waals surface area (Å²) in [5.41, 5.74) is -0.452. The van der Waals surface area contributed by atoms with Gasteiger partial charge in [-0.2, -0.15) is 0 Å². The number of nitrogens with zero attached hydrogens (tertiary/aromatic N) is 2. The SMILES string of the molecule is CC1(CCC(=O)O)C=c2cc(OCCCNc3ccccn3)ccc2=N1.[NaH]. The van der Waals surface area contributed by atoms with Crippen LogP contribution in [0.15, 0.2) is 47.6 Å². The van der Waals surface area contributed by atoms with E-state index in [9.17, 15) is 4.79 Å². The molecule has 1 aromatic carbocycles. The van der Waals surface area contributed by atoms with E-state index in [-0.39, 0.29) is 36.0 Å². The van der Waals surface area contributed by atoms with E-state index in [1.807, 2.05) is 49.4 Å². The minimum atomic E-state index is -0.797. The summed E-state index contributed by atoms with van der Waals surface area (Å²) in [5.74, 6) is 0.867. The maximum atomic E-state index is 10.8. The van der Waals surface area contributed by atoms with Gasteiger partial charge in [0.1, 0.15) is 11.6 Å². The molecule has 0 fully saturated rings. The quantitative estimate of drug-likeness (QED) is 0.509. The number of aliphatic carboxylic acids is 1. The summed E-state index contributed by atoms with van der Waals surface area (Å²) >= 11 is 0. The third kappa shape index (κ3) is 6.34. The fraction of sp³-hybridized carbons (Fsp3) is 0.350. The van der Waals surface area contributed by atoms with Gasteiger partial charge in [0.2, 0.25) is 0 Å². The average molecular weight is 377 g/mol. The first kappa shape index (κ1) is 21.4. The van der Waals surface area contributed by atoms with Crippen LogP contribution in [0.5, 0.6) is 5.75 Å². The van der Waals surface area contributed by atoms with Crippen LogP contribution in [0.4, 0.5) is 5.82 Å². The number of carboxylic acids is 1. The molecule has 7 heteroatoms. The molecule has 0 bridgehead atoms. The Hall–Kier alpha value is -1.89. The molecule has 0 spiro atoms. The van der Waals surface area contributed by atoms with E-state index in [0.29, 0.717) is 13.0 Å². The molecule has 1 unspecified atom stereocenters. The summed E-state index contributed by atoms with van der Waals surface area (Å²) in [4.78, 5) is 19.7. The van der Waals surface area contributed by atoms with Crippen LogP contribution < -0.4 is 20.6 Å².